The van der Waals surface area contributed by atoms with Gasteiger partial charge < -0.3 is 21.3 Å². The molecule has 1 saturated carbocycles. The van der Waals surface area contributed by atoms with Gasteiger partial charge in [0.2, 0.25) is 0 Å². The van der Waals surface area contributed by atoms with Gasteiger partial charge in [-0.15, -0.1) is 0 Å². The first-order valence-corrected chi connectivity index (χ1v) is 7.69. The Balaban J connectivity index is 2.20. The highest BCUT2D eigenvalue weighted by Crippen LogP contribution is 2.27. The molecule has 0 heterocycles. The minimum atomic E-state index is -4.21. The Morgan fingerprint density at radius 1 is 1.14 bits per heavy atom. The van der Waals surface area contributed by atoms with Crippen LogP contribution in [0, 0.1) is 5.92 Å². The molecular weight excluding hydrogens is 285 g/mol. The van der Waals surface area contributed by atoms with E-state index in [9.17, 15) is 23.4 Å². The molecule has 5 N–H and O–H groups in total. The Morgan fingerprint density at radius 2 is 1.76 bits per heavy atom. The molecule has 0 aromatic heterocycles. The summed E-state index contributed by atoms with van der Waals surface area (Å²) in [4.78, 5) is 0. The number of alkyl halides is 3. The molecule has 1 aliphatic carbocycles. The number of halogens is 3. The van der Waals surface area contributed by atoms with Crippen LogP contribution in [0.1, 0.15) is 44.9 Å². The summed E-state index contributed by atoms with van der Waals surface area (Å²) in [6.45, 7) is -0.360. The Bertz CT molecular complexity index is 284. The fourth-order valence-electron chi connectivity index (χ4n) is 2.83. The monoisotopic (exact) mass is 312 g/mol. The van der Waals surface area contributed by atoms with Gasteiger partial charge in [0, 0.05) is 19.1 Å². The van der Waals surface area contributed by atoms with E-state index >= 15 is 0 Å². The van der Waals surface area contributed by atoms with Crippen LogP contribution in [-0.2, 0) is 0 Å². The molecule has 0 aliphatic heterocycles. The van der Waals surface area contributed by atoms with Crippen molar-refractivity contribution in [3.05, 3.63) is 0 Å². The molecular formula is C14H27F3N2O2. The molecule has 0 unspecified atom stereocenters. The summed E-state index contributed by atoms with van der Waals surface area (Å²) in [5, 5.41) is 22.2. The lowest BCUT2D eigenvalue weighted by Gasteiger charge is -2.29. The van der Waals surface area contributed by atoms with E-state index in [2.05, 4.69) is 5.32 Å². The molecule has 1 rings (SSSR count). The second kappa shape index (κ2) is 8.92. The maximum atomic E-state index is 12.0. The molecule has 1 fully saturated rings. The van der Waals surface area contributed by atoms with Crippen LogP contribution in [0.5, 0.6) is 0 Å². The maximum absolute atomic E-state index is 12.0. The van der Waals surface area contributed by atoms with Crippen LogP contribution in [0.25, 0.3) is 0 Å². The third-order valence-electron chi connectivity index (χ3n) is 4.10. The Labute approximate surface area is 123 Å². The van der Waals surface area contributed by atoms with E-state index in [1.54, 1.807) is 0 Å². The average molecular weight is 312 g/mol. The Hall–Kier alpha value is -0.370. The lowest BCUT2D eigenvalue weighted by atomic mass is 9.83. The van der Waals surface area contributed by atoms with E-state index in [1.807, 2.05) is 0 Å². The second-order valence-electron chi connectivity index (χ2n) is 6.03. The maximum Gasteiger partial charge on any atom is 0.390 e. The summed E-state index contributed by atoms with van der Waals surface area (Å²) in [5.74, 6) is 0.480. The van der Waals surface area contributed by atoms with Gasteiger partial charge in [0.25, 0.3) is 0 Å². The van der Waals surface area contributed by atoms with Crippen molar-refractivity contribution < 1.29 is 23.4 Å². The van der Waals surface area contributed by atoms with Crippen LogP contribution in [0.3, 0.4) is 0 Å². The summed E-state index contributed by atoms with van der Waals surface area (Å²) in [7, 11) is 0. The van der Waals surface area contributed by atoms with Crippen molar-refractivity contribution in [3.63, 3.8) is 0 Å². The molecule has 4 nitrogen and oxygen atoms in total. The van der Waals surface area contributed by atoms with Crippen molar-refractivity contribution in [2.75, 3.05) is 13.1 Å². The van der Waals surface area contributed by atoms with Gasteiger partial charge in [-0.2, -0.15) is 13.2 Å². The molecule has 126 valence electrons. The highest BCUT2D eigenvalue weighted by molar-refractivity contribution is 4.83. The van der Waals surface area contributed by atoms with Crippen molar-refractivity contribution >= 4 is 0 Å². The van der Waals surface area contributed by atoms with Gasteiger partial charge in [-0.05, 0) is 12.3 Å². The van der Waals surface area contributed by atoms with Gasteiger partial charge in [0.15, 0.2) is 0 Å². The van der Waals surface area contributed by atoms with Crippen molar-refractivity contribution in [2.45, 2.75) is 69.4 Å². The van der Waals surface area contributed by atoms with Gasteiger partial charge in [0.05, 0.1) is 18.6 Å². The molecule has 0 aromatic rings. The lowest BCUT2D eigenvalue weighted by Crippen LogP contribution is -2.48. The zero-order valence-electron chi connectivity index (χ0n) is 12.3. The standard InChI is InChI=1S/C14H27F3N2O2/c15-14(16,17)6-7-19-9-12(20)13(21)11(18)8-10-4-2-1-3-5-10/h10-13,19-21H,1-9,18H2/t11-,12-,13+/m0/s1. The summed E-state index contributed by atoms with van der Waals surface area (Å²) in [6, 6.07) is -0.535. The smallest absolute Gasteiger partial charge is 0.389 e. The van der Waals surface area contributed by atoms with Gasteiger partial charge in [-0.1, -0.05) is 32.1 Å². The van der Waals surface area contributed by atoms with Gasteiger partial charge in [-0.25, -0.2) is 0 Å². The second-order valence-corrected chi connectivity index (χ2v) is 6.03. The lowest BCUT2D eigenvalue weighted by molar-refractivity contribution is -0.133. The zero-order valence-corrected chi connectivity index (χ0v) is 12.3. The first-order chi connectivity index (χ1) is 9.79. The highest BCUT2D eigenvalue weighted by Gasteiger charge is 2.28. The topological polar surface area (TPSA) is 78.5 Å². The van der Waals surface area contributed by atoms with Crippen LogP contribution in [0.15, 0.2) is 0 Å². The Morgan fingerprint density at radius 3 is 2.33 bits per heavy atom. The van der Waals surface area contributed by atoms with E-state index in [0.29, 0.717) is 12.3 Å². The molecule has 7 heteroatoms. The molecule has 0 radical (unpaired) electrons. The first-order valence-electron chi connectivity index (χ1n) is 7.69. The molecule has 0 aromatic carbocycles. The number of aliphatic hydroxyl groups is 2. The minimum absolute atomic E-state index is 0.0877. The summed E-state index contributed by atoms with van der Waals surface area (Å²) in [5.41, 5.74) is 5.90. The van der Waals surface area contributed by atoms with Crippen LogP contribution in [0.4, 0.5) is 13.2 Å². The quantitative estimate of drug-likeness (QED) is 0.513. The molecule has 1 aliphatic rings. The van der Waals surface area contributed by atoms with Crippen molar-refractivity contribution in [3.8, 4) is 0 Å². The summed E-state index contributed by atoms with van der Waals surface area (Å²) in [6.07, 6.45) is -0.981. The predicted molar refractivity (Wildman–Crippen MR) is 74.7 cm³/mol. The minimum Gasteiger partial charge on any atom is -0.389 e. The third kappa shape index (κ3) is 7.99. The largest absolute Gasteiger partial charge is 0.390 e. The van der Waals surface area contributed by atoms with Crippen molar-refractivity contribution in [2.24, 2.45) is 11.7 Å². The fourth-order valence-corrected chi connectivity index (χ4v) is 2.83. The average Bonchev–Trinajstić information content (AvgIpc) is 2.42. The number of aliphatic hydroxyl groups excluding tert-OH is 2. The van der Waals surface area contributed by atoms with E-state index < -0.39 is 30.8 Å². The van der Waals surface area contributed by atoms with Crippen molar-refractivity contribution in [1.29, 1.82) is 0 Å². The van der Waals surface area contributed by atoms with E-state index in [-0.39, 0.29) is 13.1 Å². The number of hydrogen-bond donors (Lipinski definition) is 4. The summed E-state index contributed by atoms with van der Waals surface area (Å²) < 4.78 is 35.9. The van der Waals surface area contributed by atoms with Gasteiger partial charge in [0.1, 0.15) is 0 Å². The predicted octanol–water partition coefficient (Wildman–Crippen LogP) is 1.55. The third-order valence-corrected chi connectivity index (χ3v) is 4.10. The van der Waals surface area contributed by atoms with E-state index in [1.165, 1.54) is 19.3 Å². The fraction of sp³-hybridized carbons (Fsp3) is 1.00. The van der Waals surface area contributed by atoms with Crippen LogP contribution in [0.2, 0.25) is 0 Å². The van der Waals surface area contributed by atoms with E-state index in [0.717, 1.165) is 12.8 Å². The molecule has 0 bridgehead atoms. The SMILES string of the molecule is N[C@@H](CC1CCCCC1)[C@@H](O)[C@@H](O)CNCCC(F)(F)F. The number of nitrogens with two attached hydrogens (primary N) is 1. The highest BCUT2D eigenvalue weighted by atomic mass is 19.4. The van der Waals surface area contributed by atoms with Crippen LogP contribution < -0.4 is 11.1 Å². The molecule has 21 heavy (non-hydrogen) atoms. The molecule has 0 spiro atoms. The van der Waals surface area contributed by atoms with Crippen LogP contribution in [-0.4, -0.2) is 47.7 Å². The first kappa shape index (κ1) is 18.7. The van der Waals surface area contributed by atoms with Crippen molar-refractivity contribution in [1.82, 2.24) is 5.32 Å². The van der Waals surface area contributed by atoms with Gasteiger partial charge >= 0.3 is 6.18 Å². The van der Waals surface area contributed by atoms with E-state index in [4.69, 9.17) is 5.73 Å². The molecule has 0 amide bonds. The number of hydrogen-bond acceptors (Lipinski definition) is 4. The number of nitrogens with one attached hydrogen (secondary N) is 1. The molecule has 0 saturated heterocycles. The number of rotatable bonds is 8. The van der Waals surface area contributed by atoms with Gasteiger partial charge in [-0.3, -0.25) is 0 Å². The zero-order chi connectivity index (χ0) is 15.9. The summed E-state index contributed by atoms with van der Waals surface area (Å²) >= 11 is 0. The van der Waals surface area contributed by atoms with Crippen LogP contribution >= 0.6 is 0 Å². The molecule has 3 atom stereocenters. The normalized spacial score (nSPS) is 22.0. The Kier molecular flexibility index (Phi) is 7.94.